The van der Waals surface area contributed by atoms with Crippen molar-refractivity contribution in [2.75, 3.05) is 0 Å². The fourth-order valence-corrected chi connectivity index (χ4v) is 4.83. The minimum Gasteiger partial charge on any atom is -0.324 e. The van der Waals surface area contributed by atoms with E-state index < -0.39 is 15.2 Å². The molecule has 2 atom stereocenters. The highest BCUT2D eigenvalue weighted by Crippen LogP contribution is 2.41. The highest BCUT2D eigenvalue weighted by molar-refractivity contribution is 7.51. The average Bonchev–Trinajstić information content (AvgIpc) is 2.57. The molecule has 2 rings (SSSR count). The van der Waals surface area contributed by atoms with Crippen LogP contribution in [-0.2, 0) is 21.5 Å². The quantitative estimate of drug-likeness (QED) is 0.431. The number of hydrogen-bond acceptors (Lipinski definition) is 2. The molecular weight excluding hydrogens is 398 g/mol. The van der Waals surface area contributed by atoms with Crippen molar-refractivity contribution in [2.24, 2.45) is 0 Å². The van der Waals surface area contributed by atoms with Crippen molar-refractivity contribution in [3.63, 3.8) is 0 Å². The van der Waals surface area contributed by atoms with Crippen LogP contribution in [-0.4, -0.2) is 19.6 Å². The summed E-state index contributed by atoms with van der Waals surface area (Å²) in [6.07, 6.45) is 1.26. The molecule has 2 aromatic carbocycles. The van der Waals surface area contributed by atoms with Crippen molar-refractivity contribution in [3.05, 3.63) is 70.8 Å². The van der Waals surface area contributed by atoms with Crippen LogP contribution >= 0.6 is 15.2 Å². The molecule has 0 fully saturated rings. The summed E-state index contributed by atoms with van der Waals surface area (Å²) >= 11 is 0. The zero-order valence-corrected chi connectivity index (χ0v) is 17.9. The Kier molecular flexibility index (Phi) is 7.81. The topological polar surface area (TPSA) is 115 Å². The third-order valence-corrected chi connectivity index (χ3v) is 6.43. The molecule has 0 aromatic heterocycles. The van der Waals surface area contributed by atoms with E-state index in [0.717, 1.165) is 24.0 Å². The van der Waals surface area contributed by atoms with Gasteiger partial charge in [0, 0.05) is 0 Å². The minimum atomic E-state index is -4.10. The average molecular weight is 426 g/mol. The van der Waals surface area contributed by atoms with Crippen LogP contribution in [0.25, 0.3) is 0 Å². The Morgan fingerprint density at radius 1 is 0.821 bits per heavy atom. The van der Waals surface area contributed by atoms with Gasteiger partial charge in [0.1, 0.15) is 0 Å². The zero-order chi connectivity index (χ0) is 20.9. The summed E-state index contributed by atoms with van der Waals surface area (Å²) in [5, 5.41) is 0. The molecule has 4 N–H and O–H groups in total. The zero-order valence-electron chi connectivity index (χ0n) is 16.1. The minimum absolute atomic E-state index is 0.236. The van der Waals surface area contributed by atoms with Gasteiger partial charge < -0.3 is 19.6 Å². The summed E-state index contributed by atoms with van der Waals surface area (Å²) in [5.41, 5.74) is 3.41. The Bertz CT molecular complexity index is 869. The Balaban J connectivity index is 2.11. The standard InChI is InChI=1S/C20H28O6P2/c1-3-18(20-6-4-5-17(12-20)14-28(24,25)26)11-15(2)19-9-7-16(8-10-19)13-27(21,22)23/h4-10,12,15,18H,3,11,13-14H2,1-2H3,(H2,21,22,23)(H2,24,25,26). The van der Waals surface area contributed by atoms with Crippen molar-refractivity contribution < 1.29 is 28.7 Å². The number of rotatable bonds is 9. The fourth-order valence-electron chi connectivity index (χ4n) is 3.47. The van der Waals surface area contributed by atoms with Crippen molar-refractivity contribution in [3.8, 4) is 0 Å². The molecule has 28 heavy (non-hydrogen) atoms. The van der Waals surface area contributed by atoms with E-state index in [1.165, 1.54) is 0 Å². The van der Waals surface area contributed by atoms with Crippen LogP contribution in [0.4, 0.5) is 0 Å². The lowest BCUT2D eigenvalue weighted by Gasteiger charge is -2.21. The first-order chi connectivity index (χ1) is 13.0. The summed E-state index contributed by atoms with van der Waals surface area (Å²) in [6.45, 7) is 4.20. The summed E-state index contributed by atoms with van der Waals surface area (Å²) in [7, 11) is -8.17. The van der Waals surface area contributed by atoms with Crippen LogP contribution < -0.4 is 0 Å². The monoisotopic (exact) mass is 426 g/mol. The summed E-state index contributed by atoms with van der Waals surface area (Å²) in [4.78, 5) is 36.6. The molecule has 0 aliphatic carbocycles. The molecule has 0 amide bonds. The van der Waals surface area contributed by atoms with E-state index in [0.29, 0.717) is 11.1 Å². The maximum Gasteiger partial charge on any atom is 0.329 e. The summed E-state index contributed by atoms with van der Waals surface area (Å²) in [6, 6.07) is 14.8. The second-order valence-electron chi connectivity index (χ2n) is 7.37. The molecule has 0 aliphatic rings. The first kappa shape index (κ1) is 23.0. The maximum absolute atomic E-state index is 11.3. The lowest BCUT2D eigenvalue weighted by molar-refractivity contribution is 0.369. The van der Waals surface area contributed by atoms with Gasteiger partial charge in [0.2, 0.25) is 0 Å². The lowest BCUT2D eigenvalue weighted by atomic mass is 9.84. The Morgan fingerprint density at radius 3 is 1.93 bits per heavy atom. The van der Waals surface area contributed by atoms with Crippen LogP contribution in [0.3, 0.4) is 0 Å². The van der Waals surface area contributed by atoms with E-state index in [1.807, 2.05) is 30.3 Å². The van der Waals surface area contributed by atoms with Gasteiger partial charge in [-0.25, -0.2) is 0 Å². The van der Waals surface area contributed by atoms with Gasteiger partial charge in [-0.1, -0.05) is 62.4 Å². The van der Waals surface area contributed by atoms with Crippen molar-refractivity contribution >= 4 is 15.2 Å². The van der Waals surface area contributed by atoms with Crippen LogP contribution in [0.15, 0.2) is 48.5 Å². The molecule has 0 spiro atoms. The molecule has 2 unspecified atom stereocenters. The first-order valence-corrected chi connectivity index (χ1v) is 12.8. The Hall–Kier alpha value is -1.26. The molecule has 8 heteroatoms. The molecule has 0 saturated carbocycles. The predicted octanol–water partition coefficient (Wildman–Crippen LogP) is 4.73. The van der Waals surface area contributed by atoms with Crippen molar-refractivity contribution in [2.45, 2.75) is 50.8 Å². The van der Waals surface area contributed by atoms with E-state index >= 15 is 0 Å². The maximum atomic E-state index is 11.3. The van der Waals surface area contributed by atoms with E-state index in [4.69, 9.17) is 9.79 Å². The second kappa shape index (κ2) is 9.49. The van der Waals surface area contributed by atoms with Gasteiger partial charge in [-0.3, -0.25) is 9.13 Å². The molecular formula is C20H28O6P2. The predicted molar refractivity (Wildman–Crippen MR) is 110 cm³/mol. The Morgan fingerprint density at radius 2 is 1.39 bits per heavy atom. The van der Waals surface area contributed by atoms with E-state index in [9.17, 15) is 18.9 Å². The molecule has 2 aromatic rings. The molecule has 0 saturated heterocycles. The third-order valence-electron chi connectivity index (χ3n) is 4.88. The van der Waals surface area contributed by atoms with Crippen LogP contribution in [0.5, 0.6) is 0 Å². The van der Waals surface area contributed by atoms with Crippen LogP contribution in [0, 0.1) is 0 Å². The second-order valence-corrected chi connectivity index (χ2v) is 10.7. The van der Waals surface area contributed by atoms with E-state index in [2.05, 4.69) is 13.8 Å². The SMILES string of the molecule is CCC(CC(C)c1ccc(CP(=O)(O)O)cc1)c1cccc(CP(=O)(O)O)c1. The van der Waals surface area contributed by atoms with E-state index in [-0.39, 0.29) is 24.2 Å². The Labute approximate surface area is 166 Å². The molecule has 6 nitrogen and oxygen atoms in total. The summed E-state index contributed by atoms with van der Waals surface area (Å²) < 4.78 is 22.4. The number of hydrogen-bond donors (Lipinski definition) is 4. The molecule has 0 bridgehead atoms. The fraction of sp³-hybridized carbons (Fsp3) is 0.400. The highest BCUT2D eigenvalue weighted by atomic mass is 31.2. The molecule has 154 valence electrons. The molecule has 0 heterocycles. The highest BCUT2D eigenvalue weighted by Gasteiger charge is 2.19. The van der Waals surface area contributed by atoms with Gasteiger partial charge in [-0.15, -0.1) is 0 Å². The van der Waals surface area contributed by atoms with Gasteiger partial charge in [0.05, 0.1) is 12.3 Å². The van der Waals surface area contributed by atoms with Gasteiger partial charge in [0.15, 0.2) is 0 Å². The van der Waals surface area contributed by atoms with Gasteiger partial charge in [0.25, 0.3) is 0 Å². The van der Waals surface area contributed by atoms with Crippen molar-refractivity contribution in [1.82, 2.24) is 0 Å². The van der Waals surface area contributed by atoms with Gasteiger partial charge >= 0.3 is 15.2 Å². The van der Waals surface area contributed by atoms with Crippen molar-refractivity contribution in [1.29, 1.82) is 0 Å². The largest absolute Gasteiger partial charge is 0.329 e. The van der Waals surface area contributed by atoms with E-state index in [1.54, 1.807) is 18.2 Å². The first-order valence-electron chi connectivity index (χ1n) is 9.23. The van der Waals surface area contributed by atoms with Gasteiger partial charge in [-0.05, 0) is 46.9 Å². The van der Waals surface area contributed by atoms with Crippen LogP contribution in [0.1, 0.15) is 60.8 Å². The molecule has 0 aliphatic heterocycles. The summed E-state index contributed by atoms with van der Waals surface area (Å²) in [5.74, 6) is 0.487. The van der Waals surface area contributed by atoms with Crippen LogP contribution in [0.2, 0.25) is 0 Å². The molecule has 0 radical (unpaired) electrons. The smallest absolute Gasteiger partial charge is 0.324 e. The lowest BCUT2D eigenvalue weighted by Crippen LogP contribution is -2.04. The van der Waals surface area contributed by atoms with Gasteiger partial charge in [-0.2, -0.15) is 0 Å². The normalized spacial score (nSPS) is 14.6. The number of benzene rings is 2. The third kappa shape index (κ3) is 7.63.